The molecule has 0 aromatic rings. The van der Waals surface area contributed by atoms with Crippen LogP contribution in [0.3, 0.4) is 0 Å². The Kier molecular flexibility index (Phi) is 22.0. The summed E-state index contributed by atoms with van der Waals surface area (Å²) in [5.74, 6) is 0. The van der Waals surface area contributed by atoms with Crippen molar-refractivity contribution in [3.8, 4) is 0 Å². The van der Waals surface area contributed by atoms with Gasteiger partial charge in [0.2, 0.25) is 0 Å². The van der Waals surface area contributed by atoms with Crippen LogP contribution in [0.25, 0.3) is 0 Å². The molecule has 0 saturated carbocycles. The highest BCUT2D eigenvalue weighted by molar-refractivity contribution is 4.63. The molecule has 3 saturated heterocycles. The van der Waals surface area contributed by atoms with Crippen molar-refractivity contribution in [2.75, 3.05) is 52.4 Å². The molecule has 3 heterocycles. The molecule has 40 heavy (non-hydrogen) atoms. The number of unbranched alkanes of at least 4 members (excludes halogenated alkanes) is 26. The predicted molar refractivity (Wildman–Crippen MR) is 180 cm³/mol. The maximum atomic E-state index is 2.31. The van der Waals surface area contributed by atoms with Crippen LogP contribution in [0.5, 0.6) is 0 Å². The molecule has 0 aromatic heterocycles. The minimum absolute atomic E-state index is 1.37. The number of fused-ring (bicyclic) bond motifs is 3. The third-order valence-corrected chi connectivity index (χ3v) is 11.1. The van der Waals surface area contributed by atoms with Gasteiger partial charge in [-0.05, 0) is 25.7 Å². The molecule has 0 amide bonds. The maximum absolute atomic E-state index is 2.31. The van der Waals surface area contributed by atoms with Crippen LogP contribution < -0.4 is 0 Å². The Hall–Kier alpha value is -0.0800. The highest BCUT2D eigenvalue weighted by Crippen LogP contribution is 2.28. The lowest BCUT2D eigenvalue weighted by molar-refractivity contribution is -1.08. The standard InChI is InChI=1S/C38H78N2/c1-3-5-7-9-11-13-15-17-19-21-23-25-27-29-31-39-33-36-40(37-34-39,38-35-39)32-30-28-26-24-22-20-18-16-14-12-10-8-6-4-2/h3-38H2,1-2H3/q+2. The van der Waals surface area contributed by atoms with Crippen molar-refractivity contribution >= 4 is 0 Å². The number of quaternary nitrogens is 2. The first kappa shape index (κ1) is 36.1. The second-order valence-electron chi connectivity index (χ2n) is 14.7. The number of hydrogen-bond acceptors (Lipinski definition) is 0. The number of nitrogens with zero attached hydrogens (tertiary/aromatic N) is 2. The van der Waals surface area contributed by atoms with Gasteiger partial charge >= 0.3 is 0 Å². The topological polar surface area (TPSA) is 0 Å². The first-order valence-corrected chi connectivity index (χ1v) is 19.4. The quantitative estimate of drug-likeness (QED) is 0.0603. The highest BCUT2D eigenvalue weighted by Gasteiger charge is 2.48. The summed E-state index contributed by atoms with van der Waals surface area (Å²) in [7, 11) is 0. The average molecular weight is 563 g/mol. The summed E-state index contributed by atoms with van der Waals surface area (Å²) in [4.78, 5) is 0. The summed E-state index contributed by atoms with van der Waals surface area (Å²) in [5.41, 5.74) is 0. The molecule has 0 aromatic carbocycles. The molecule has 0 spiro atoms. The van der Waals surface area contributed by atoms with Crippen LogP contribution in [0.4, 0.5) is 0 Å². The summed E-state index contributed by atoms with van der Waals surface area (Å²) in [6, 6.07) is 0. The first-order chi connectivity index (χ1) is 19.7. The molecule has 2 nitrogen and oxygen atoms in total. The van der Waals surface area contributed by atoms with Gasteiger partial charge in [-0.3, -0.25) is 0 Å². The number of rotatable bonds is 30. The van der Waals surface area contributed by atoms with Crippen molar-refractivity contribution in [1.29, 1.82) is 0 Å². The largest absolute Gasteiger partial charge is 0.310 e. The molecular formula is C38H78N2+2. The maximum Gasteiger partial charge on any atom is 0.129 e. The van der Waals surface area contributed by atoms with Gasteiger partial charge in [-0.1, -0.05) is 168 Å². The fraction of sp³-hybridized carbons (Fsp3) is 1.00. The Morgan fingerprint density at radius 2 is 0.425 bits per heavy atom. The Bertz CT molecular complexity index is 471. The Morgan fingerprint density at radius 1 is 0.250 bits per heavy atom. The van der Waals surface area contributed by atoms with E-state index in [4.69, 9.17) is 0 Å². The van der Waals surface area contributed by atoms with Crippen LogP contribution in [0.1, 0.15) is 194 Å². The number of hydrogen-bond donors (Lipinski definition) is 0. The summed E-state index contributed by atoms with van der Waals surface area (Å²) in [5, 5.41) is 0. The molecule has 0 aliphatic carbocycles. The van der Waals surface area contributed by atoms with Crippen molar-refractivity contribution in [3.05, 3.63) is 0 Å². The first-order valence-electron chi connectivity index (χ1n) is 19.4. The third-order valence-electron chi connectivity index (χ3n) is 11.1. The monoisotopic (exact) mass is 563 g/mol. The normalized spacial score (nSPS) is 22.4. The van der Waals surface area contributed by atoms with Gasteiger partial charge in [0.25, 0.3) is 0 Å². The second kappa shape index (κ2) is 24.4. The van der Waals surface area contributed by atoms with E-state index in [0.717, 1.165) is 0 Å². The summed E-state index contributed by atoms with van der Waals surface area (Å²) in [6.07, 6.45) is 41.4. The number of piperazine rings is 3. The van der Waals surface area contributed by atoms with E-state index in [2.05, 4.69) is 13.8 Å². The van der Waals surface area contributed by atoms with Crippen LogP contribution in [0, 0.1) is 0 Å². The highest BCUT2D eigenvalue weighted by atomic mass is 15.5. The molecule has 0 radical (unpaired) electrons. The fourth-order valence-corrected chi connectivity index (χ4v) is 7.90. The van der Waals surface area contributed by atoms with Crippen LogP contribution >= 0.6 is 0 Å². The van der Waals surface area contributed by atoms with Crippen molar-refractivity contribution in [3.63, 3.8) is 0 Å². The predicted octanol–water partition coefficient (Wildman–Crippen LogP) is 11.6. The lowest BCUT2D eigenvalue weighted by atomic mass is 10.0. The average Bonchev–Trinajstić information content (AvgIpc) is 2.98. The molecule has 238 valence electrons. The van der Waals surface area contributed by atoms with E-state index < -0.39 is 0 Å². The molecule has 3 fully saturated rings. The Balaban J connectivity index is 1.34. The van der Waals surface area contributed by atoms with Crippen molar-refractivity contribution in [2.24, 2.45) is 0 Å². The van der Waals surface area contributed by atoms with E-state index in [9.17, 15) is 0 Å². The smallest absolute Gasteiger partial charge is 0.129 e. The fourth-order valence-electron chi connectivity index (χ4n) is 7.90. The minimum atomic E-state index is 1.37. The van der Waals surface area contributed by atoms with E-state index in [0.29, 0.717) is 0 Å². The van der Waals surface area contributed by atoms with E-state index in [1.165, 1.54) is 241 Å². The molecule has 3 aliphatic heterocycles. The summed E-state index contributed by atoms with van der Waals surface area (Å²) in [6.45, 7) is 16.6. The SMILES string of the molecule is CCCCCCCCCCCCCCCC[N+]12CC[N+](CCCCCCCCCCCCCCCC)(CC1)CC2. The Morgan fingerprint density at radius 3 is 0.625 bits per heavy atom. The van der Waals surface area contributed by atoms with Gasteiger partial charge in [0.05, 0.1) is 13.1 Å². The van der Waals surface area contributed by atoms with E-state index in [1.807, 2.05) is 0 Å². The van der Waals surface area contributed by atoms with Gasteiger partial charge in [-0.25, -0.2) is 0 Å². The minimum Gasteiger partial charge on any atom is -0.310 e. The van der Waals surface area contributed by atoms with Gasteiger partial charge in [0.1, 0.15) is 39.3 Å². The van der Waals surface area contributed by atoms with E-state index >= 15 is 0 Å². The molecule has 3 aliphatic rings. The summed E-state index contributed by atoms with van der Waals surface area (Å²) >= 11 is 0. The van der Waals surface area contributed by atoms with Gasteiger partial charge in [-0.15, -0.1) is 0 Å². The Labute approximate surface area is 254 Å². The third kappa shape index (κ3) is 17.1. The second-order valence-corrected chi connectivity index (χ2v) is 14.7. The van der Waals surface area contributed by atoms with Crippen molar-refractivity contribution in [2.45, 2.75) is 194 Å². The zero-order chi connectivity index (χ0) is 28.5. The van der Waals surface area contributed by atoms with Gasteiger partial charge < -0.3 is 8.97 Å². The van der Waals surface area contributed by atoms with E-state index in [-0.39, 0.29) is 0 Å². The van der Waals surface area contributed by atoms with Gasteiger partial charge in [0.15, 0.2) is 0 Å². The summed E-state index contributed by atoms with van der Waals surface area (Å²) < 4.78 is 2.99. The zero-order valence-electron chi connectivity index (χ0n) is 28.4. The van der Waals surface area contributed by atoms with Crippen LogP contribution in [-0.4, -0.2) is 61.3 Å². The lowest BCUT2D eigenvalue weighted by Crippen LogP contribution is -2.75. The molecule has 2 bridgehead atoms. The van der Waals surface area contributed by atoms with Crippen LogP contribution in [-0.2, 0) is 0 Å². The van der Waals surface area contributed by atoms with E-state index in [1.54, 1.807) is 0 Å². The van der Waals surface area contributed by atoms with Gasteiger partial charge in [0, 0.05) is 0 Å². The molecule has 3 rings (SSSR count). The van der Waals surface area contributed by atoms with Crippen molar-refractivity contribution in [1.82, 2.24) is 0 Å². The van der Waals surface area contributed by atoms with Crippen LogP contribution in [0.2, 0.25) is 0 Å². The lowest BCUT2D eigenvalue weighted by Gasteiger charge is -2.55. The molecule has 2 heteroatoms. The molecule has 0 unspecified atom stereocenters. The zero-order valence-corrected chi connectivity index (χ0v) is 28.4. The van der Waals surface area contributed by atoms with Gasteiger partial charge in [-0.2, -0.15) is 0 Å². The van der Waals surface area contributed by atoms with Crippen molar-refractivity contribution < 1.29 is 8.97 Å². The molecular weight excluding hydrogens is 484 g/mol. The molecule has 0 atom stereocenters. The van der Waals surface area contributed by atoms with Crippen LogP contribution in [0.15, 0.2) is 0 Å². The molecule has 0 N–H and O–H groups in total.